The van der Waals surface area contributed by atoms with Crippen LogP contribution in [0, 0.1) is 13.8 Å². The molecule has 26 heavy (non-hydrogen) atoms. The maximum absolute atomic E-state index is 12.0. The number of aromatic nitrogens is 1. The van der Waals surface area contributed by atoms with Crippen molar-refractivity contribution in [1.29, 1.82) is 0 Å². The number of aryl methyl sites for hydroxylation is 2. The Hall–Kier alpha value is -2.64. The SMILES string of the molecule is Cc1cc(C(=O)OCC(=O)Nc2nc(-c3ccccc3Cl)cs2)c(C)o1. The molecule has 1 N–H and O–H groups in total. The summed E-state index contributed by atoms with van der Waals surface area (Å²) in [5.41, 5.74) is 1.76. The van der Waals surface area contributed by atoms with Crippen LogP contribution >= 0.6 is 22.9 Å². The molecule has 0 radical (unpaired) electrons. The summed E-state index contributed by atoms with van der Waals surface area (Å²) in [7, 11) is 0. The molecule has 1 amide bonds. The van der Waals surface area contributed by atoms with Crippen LogP contribution < -0.4 is 5.32 Å². The van der Waals surface area contributed by atoms with E-state index in [1.54, 1.807) is 31.4 Å². The van der Waals surface area contributed by atoms with Gasteiger partial charge in [0.1, 0.15) is 17.1 Å². The number of thiazole rings is 1. The fraction of sp³-hybridized carbons (Fsp3) is 0.167. The first kappa shape index (κ1) is 18.2. The molecule has 0 atom stereocenters. The van der Waals surface area contributed by atoms with Gasteiger partial charge in [-0.15, -0.1) is 11.3 Å². The largest absolute Gasteiger partial charge is 0.466 e. The van der Waals surface area contributed by atoms with Gasteiger partial charge in [-0.25, -0.2) is 9.78 Å². The highest BCUT2D eigenvalue weighted by Gasteiger charge is 2.17. The number of hydrogen-bond acceptors (Lipinski definition) is 6. The number of rotatable bonds is 5. The fourth-order valence-electron chi connectivity index (χ4n) is 2.32. The van der Waals surface area contributed by atoms with Crippen LogP contribution in [0.25, 0.3) is 11.3 Å². The van der Waals surface area contributed by atoms with Gasteiger partial charge in [-0.1, -0.05) is 29.8 Å². The van der Waals surface area contributed by atoms with Crippen molar-refractivity contribution in [3.63, 3.8) is 0 Å². The van der Waals surface area contributed by atoms with Gasteiger partial charge in [0.2, 0.25) is 0 Å². The highest BCUT2D eigenvalue weighted by atomic mass is 35.5. The predicted molar refractivity (Wildman–Crippen MR) is 99.7 cm³/mol. The summed E-state index contributed by atoms with van der Waals surface area (Å²) in [6, 6.07) is 8.89. The highest BCUT2D eigenvalue weighted by molar-refractivity contribution is 7.14. The number of carbonyl (C=O) groups excluding carboxylic acids is 2. The van der Waals surface area contributed by atoms with Gasteiger partial charge in [-0.05, 0) is 26.0 Å². The van der Waals surface area contributed by atoms with Crippen LogP contribution in [0.4, 0.5) is 5.13 Å². The number of ether oxygens (including phenoxy) is 1. The average molecular weight is 391 g/mol. The number of carbonyl (C=O) groups is 2. The summed E-state index contributed by atoms with van der Waals surface area (Å²) in [5, 5.41) is 5.37. The number of hydrogen-bond donors (Lipinski definition) is 1. The number of halogens is 1. The highest BCUT2D eigenvalue weighted by Crippen LogP contribution is 2.30. The molecular formula is C18H15ClN2O4S. The van der Waals surface area contributed by atoms with Gasteiger partial charge < -0.3 is 9.15 Å². The fourth-order valence-corrected chi connectivity index (χ4v) is 3.28. The summed E-state index contributed by atoms with van der Waals surface area (Å²) in [4.78, 5) is 28.3. The van der Waals surface area contributed by atoms with Gasteiger partial charge in [0.15, 0.2) is 11.7 Å². The van der Waals surface area contributed by atoms with E-state index >= 15 is 0 Å². The van der Waals surface area contributed by atoms with Crippen LogP contribution in [0.1, 0.15) is 21.9 Å². The third kappa shape index (κ3) is 4.12. The summed E-state index contributed by atoms with van der Waals surface area (Å²) >= 11 is 7.40. The molecule has 0 saturated carbocycles. The van der Waals surface area contributed by atoms with Crippen LogP contribution in [0.3, 0.4) is 0 Å². The molecule has 0 fully saturated rings. The van der Waals surface area contributed by atoms with Crippen molar-refractivity contribution in [2.75, 3.05) is 11.9 Å². The summed E-state index contributed by atoms with van der Waals surface area (Å²) in [5.74, 6) is -0.0207. The molecule has 2 aromatic heterocycles. The van der Waals surface area contributed by atoms with Crippen molar-refractivity contribution in [2.45, 2.75) is 13.8 Å². The first-order chi connectivity index (χ1) is 12.4. The third-order valence-corrected chi connectivity index (χ3v) is 4.58. The monoisotopic (exact) mass is 390 g/mol. The lowest BCUT2D eigenvalue weighted by atomic mass is 10.2. The second kappa shape index (κ2) is 7.72. The Balaban J connectivity index is 1.58. The quantitative estimate of drug-likeness (QED) is 0.650. The number of esters is 1. The molecule has 3 aromatic rings. The molecule has 0 bridgehead atoms. The normalized spacial score (nSPS) is 10.6. The van der Waals surface area contributed by atoms with Gasteiger partial charge in [-0.2, -0.15) is 0 Å². The molecule has 134 valence electrons. The van der Waals surface area contributed by atoms with Crippen LogP contribution in [0.2, 0.25) is 5.02 Å². The van der Waals surface area contributed by atoms with Crippen LogP contribution in [-0.2, 0) is 9.53 Å². The van der Waals surface area contributed by atoms with E-state index in [-0.39, 0.29) is 0 Å². The third-order valence-electron chi connectivity index (χ3n) is 3.50. The first-order valence-corrected chi connectivity index (χ1v) is 8.94. The lowest BCUT2D eigenvalue weighted by molar-refractivity contribution is -0.119. The summed E-state index contributed by atoms with van der Waals surface area (Å²) < 4.78 is 10.3. The first-order valence-electron chi connectivity index (χ1n) is 7.68. The van der Waals surface area contributed by atoms with E-state index in [4.69, 9.17) is 20.8 Å². The molecule has 6 nitrogen and oxygen atoms in total. The Labute approximate surface area is 158 Å². The zero-order valence-corrected chi connectivity index (χ0v) is 15.6. The molecule has 3 rings (SSSR count). The Kier molecular flexibility index (Phi) is 5.39. The van der Waals surface area contributed by atoms with Crippen LogP contribution in [0.15, 0.2) is 40.1 Å². The number of benzene rings is 1. The molecule has 0 spiro atoms. The van der Waals surface area contributed by atoms with Gasteiger partial charge in [0.05, 0.1) is 5.69 Å². The molecule has 0 aliphatic rings. The maximum Gasteiger partial charge on any atom is 0.342 e. The molecule has 0 aliphatic carbocycles. The number of furan rings is 1. The van der Waals surface area contributed by atoms with Gasteiger partial charge in [-0.3, -0.25) is 10.1 Å². The van der Waals surface area contributed by atoms with Crippen molar-refractivity contribution < 1.29 is 18.7 Å². The second-order valence-electron chi connectivity index (χ2n) is 5.47. The summed E-state index contributed by atoms with van der Waals surface area (Å²) in [6.45, 7) is 2.98. The number of amides is 1. The molecule has 8 heteroatoms. The maximum atomic E-state index is 12.0. The zero-order valence-electron chi connectivity index (χ0n) is 14.0. The van der Waals surface area contributed by atoms with E-state index in [9.17, 15) is 9.59 Å². The minimum absolute atomic E-state index is 0.311. The van der Waals surface area contributed by atoms with Crippen molar-refractivity contribution in [3.8, 4) is 11.3 Å². The van der Waals surface area contributed by atoms with Crippen molar-refractivity contribution in [1.82, 2.24) is 4.98 Å². The number of nitrogens with zero attached hydrogens (tertiary/aromatic N) is 1. The average Bonchev–Trinajstić information content (AvgIpc) is 3.19. The molecule has 0 unspecified atom stereocenters. The van der Waals surface area contributed by atoms with Crippen molar-refractivity contribution in [3.05, 3.63) is 57.8 Å². The summed E-state index contributed by atoms with van der Waals surface area (Å²) in [6.07, 6.45) is 0. The van der Waals surface area contributed by atoms with Gasteiger partial charge in [0.25, 0.3) is 5.91 Å². The molecular weight excluding hydrogens is 376 g/mol. The molecule has 1 aromatic carbocycles. The lowest BCUT2D eigenvalue weighted by Gasteiger charge is -2.04. The van der Waals surface area contributed by atoms with E-state index in [0.717, 1.165) is 5.56 Å². The Morgan fingerprint density at radius 3 is 2.77 bits per heavy atom. The minimum Gasteiger partial charge on any atom is -0.466 e. The van der Waals surface area contributed by atoms with E-state index in [1.807, 2.05) is 18.2 Å². The van der Waals surface area contributed by atoms with Gasteiger partial charge >= 0.3 is 5.97 Å². The molecule has 0 aliphatic heterocycles. The smallest absolute Gasteiger partial charge is 0.342 e. The van der Waals surface area contributed by atoms with Crippen molar-refractivity contribution >= 4 is 39.9 Å². The van der Waals surface area contributed by atoms with Crippen LogP contribution in [-0.4, -0.2) is 23.5 Å². The Morgan fingerprint density at radius 2 is 2.08 bits per heavy atom. The van der Waals surface area contributed by atoms with Crippen LogP contribution in [0.5, 0.6) is 0 Å². The minimum atomic E-state index is -0.606. The standard InChI is InChI=1S/C18H15ClN2O4S/c1-10-7-13(11(2)25-10)17(23)24-8-16(22)21-18-20-15(9-26-18)12-5-3-4-6-14(12)19/h3-7,9H,8H2,1-2H3,(H,20,21,22). The predicted octanol–water partition coefficient (Wildman–Crippen LogP) is 4.47. The van der Waals surface area contributed by atoms with E-state index in [2.05, 4.69) is 10.3 Å². The second-order valence-corrected chi connectivity index (χ2v) is 6.73. The molecule has 2 heterocycles. The molecule has 0 saturated heterocycles. The topological polar surface area (TPSA) is 81.4 Å². The lowest BCUT2D eigenvalue weighted by Crippen LogP contribution is -2.20. The number of nitrogens with one attached hydrogen (secondary N) is 1. The van der Waals surface area contributed by atoms with Gasteiger partial charge in [0, 0.05) is 16.0 Å². The van der Waals surface area contributed by atoms with Crippen molar-refractivity contribution in [2.24, 2.45) is 0 Å². The number of anilines is 1. The zero-order chi connectivity index (χ0) is 18.7. The van der Waals surface area contributed by atoms with E-state index in [1.165, 1.54) is 11.3 Å². The Morgan fingerprint density at radius 1 is 1.31 bits per heavy atom. The van der Waals surface area contributed by atoms with E-state index in [0.29, 0.717) is 32.9 Å². The Bertz CT molecular complexity index is 964. The van der Waals surface area contributed by atoms with E-state index < -0.39 is 18.5 Å².